The molecule has 1 fully saturated rings. The Morgan fingerprint density at radius 1 is 1.13 bits per heavy atom. The summed E-state index contributed by atoms with van der Waals surface area (Å²) in [6, 6.07) is 18.4. The topological polar surface area (TPSA) is 21.3 Å². The largest absolute Gasteiger partial charge is 0.497 e. The lowest BCUT2D eigenvalue weighted by atomic mass is 9.48. The van der Waals surface area contributed by atoms with Crippen LogP contribution in [0.25, 0.3) is 0 Å². The summed E-state index contributed by atoms with van der Waals surface area (Å²) in [4.78, 5) is 3.01. The molecule has 2 aromatic carbocycles. The van der Waals surface area contributed by atoms with Crippen molar-refractivity contribution in [2.75, 3.05) is 13.7 Å². The van der Waals surface area contributed by atoms with Gasteiger partial charge in [0.25, 0.3) is 0 Å². The predicted octanol–water partition coefficient (Wildman–Crippen LogP) is 6.74. The highest BCUT2D eigenvalue weighted by molar-refractivity contribution is 8.03. The minimum absolute atomic E-state index is 0.117. The average molecular weight is 434 g/mol. The molecule has 0 amide bonds. The highest BCUT2D eigenvalue weighted by Gasteiger charge is 2.66. The van der Waals surface area contributed by atoms with Gasteiger partial charge >= 0.3 is 0 Å². The molecule has 3 aliphatic carbocycles. The van der Waals surface area contributed by atoms with Crippen molar-refractivity contribution in [3.8, 4) is 5.75 Å². The van der Waals surface area contributed by atoms with Crippen LogP contribution in [0.1, 0.15) is 57.6 Å². The van der Waals surface area contributed by atoms with Gasteiger partial charge in [-0.05, 0) is 91.8 Å². The van der Waals surface area contributed by atoms with Crippen molar-refractivity contribution in [2.24, 2.45) is 11.3 Å². The molecule has 2 bridgehead atoms. The number of hydrogen-bond acceptors (Lipinski definition) is 3. The molecule has 0 aliphatic heterocycles. The summed E-state index contributed by atoms with van der Waals surface area (Å²) in [6.07, 6.45) is 6.07. The first-order chi connectivity index (χ1) is 15.0. The van der Waals surface area contributed by atoms with Crippen LogP contribution in [-0.4, -0.2) is 19.7 Å². The Hall–Kier alpha value is -1.71. The highest BCUT2D eigenvalue weighted by atomic mass is 32.2. The minimum Gasteiger partial charge on any atom is -0.497 e. The normalized spacial score (nSPS) is 31.4. The molecule has 4 atom stereocenters. The summed E-state index contributed by atoms with van der Waals surface area (Å²) in [5, 5.41) is 4.07. The minimum atomic E-state index is 0.117. The second-order valence-electron chi connectivity index (χ2n) is 9.83. The highest BCUT2D eigenvalue weighted by Crippen LogP contribution is 2.70. The summed E-state index contributed by atoms with van der Waals surface area (Å²) in [6.45, 7) is 8.37. The molecular formula is C28H35NOS. The third-order valence-electron chi connectivity index (χ3n) is 8.47. The van der Waals surface area contributed by atoms with Gasteiger partial charge in [0.1, 0.15) is 5.75 Å². The lowest BCUT2D eigenvalue weighted by molar-refractivity contribution is 0.0444. The van der Waals surface area contributed by atoms with Gasteiger partial charge in [-0.2, -0.15) is 0 Å². The third kappa shape index (κ3) is 3.03. The van der Waals surface area contributed by atoms with E-state index in [1.165, 1.54) is 41.7 Å². The Balaban J connectivity index is 1.68. The number of ether oxygens (including phenoxy) is 1. The second-order valence-corrected chi connectivity index (χ2v) is 10.9. The van der Waals surface area contributed by atoms with E-state index in [-0.39, 0.29) is 10.8 Å². The molecule has 1 spiro atoms. The summed E-state index contributed by atoms with van der Waals surface area (Å²) in [5.74, 6) is 1.64. The van der Waals surface area contributed by atoms with Gasteiger partial charge in [0, 0.05) is 21.8 Å². The van der Waals surface area contributed by atoms with E-state index >= 15 is 0 Å². The molecule has 5 rings (SSSR count). The van der Waals surface area contributed by atoms with Crippen LogP contribution >= 0.6 is 11.8 Å². The molecular weight excluding hydrogens is 398 g/mol. The van der Waals surface area contributed by atoms with Crippen LogP contribution < -0.4 is 10.1 Å². The van der Waals surface area contributed by atoms with Crippen LogP contribution in [0.3, 0.4) is 0 Å². The molecule has 3 heteroatoms. The zero-order valence-electron chi connectivity index (χ0n) is 19.3. The number of benzene rings is 2. The van der Waals surface area contributed by atoms with Gasteiger partial charge in [0.05, 0.1) is 7.11 Å². The number of thioether (sulfide) groups is 1. The first-order valence-corrected chi connectivity index (χ1v) is 12.7. The van der Waals surface area contributed by atoms with Crippen molar-refractivity contribution in [3.05, 3.63) is 70.1 Å². The van der Waals surface area contributed by atoms with Crippen LogP contribution in [0.5, 0.6) is 5.75 Å². The Morgan fingerprint density at radius 3 is 2.68 bits per heavy atom. The number of aryl methyl sites for hydroxylation is 1. The molecule has 2 nitrogen and oxygen atoms in total. The number of fused-ring (bicyclic) bond motifs is 3. The maximum atomic E-state index is 5.68. The Bertz CT molecular complexity index is 999. The lowest BCUT2D eigenvalue weighted by Gasteiger charge is -2.59. The smallest absolute Gasteiger partial charge is 0.119 e. The van der Waals surface area contributed by atoms with E-state index in [2.05, 4.69) is 74.6 Å². The van der Waals surface area contributed by atoms with Gasteiger partial charge in [-0.25, -0.2) is 0 Å². The van der Waals surface area contributed by atoms with Crippen molar-refractivity contribution < 1.29 is 4.74 Å². The number of hydrogen-bond donors (Lipinski definition) is 1. The average Bonchev–Trinajstić information content (AvgIpc) is 2.96. The van der Waals surface area contributed by atoms with Crippen molar-refractivity contribution >= 4 is 11.8 Å². The molecule has 2 aromatic rings. The maximum Gasteiger partial charge on any atom is 0.119 e. The molecule has 0 radical (unpaired) electrons. The Labute approximate surface area is 191 Å². The number of methoxy groups -OCH3 is 1. The van der Waals surface area contributed by atoms with Crippen molar-refractivity contribution in [2.45, 2.75) is 69.2 Å². The monoisotopic (exact) mass is 433 g/mol. The van der Waals surface area contributed by atoms with Crippen LogP contribution in [0.2, 0.25) is 0 Å². The van der Waals surface area contributed by atoms with E-state index in [0.717, 1.165) is 18.7 Å². The fourth-order valence-corrected chi connectivity index (χ4v) is 8.44. The first-order valence-electron chi connectivity index (χ1n) is 11.9. The molecule has 0 heterocycles. The van der Waals surface area contributed by atoms with Gasteiger partial charge in [-0.15, -0.1) is 0 Å². The summed E-state index contributed by atoms with van der Waals surface area (Å²) in [7, 11) is 1.79. The standard InChI is InChI=1S/C28H35NOS/c1-5-17-29-25-23-14-15-27(3)24-18-21(30-4)12-11-20(24)13-16-28(25,27)26(19(23)2)31-22-9-7-6-8-10-22/h6-12,18,23,25,29H,5,13-17H2,1-4H3/t23-,25?,27+,28-/m1/s1. The summed E-state index contributed by atoms with van der Waals surface area (Å²) < 4.78 is 5.68. The van der Waals surface area contributed by atoms with Gasteiger partial charge in [-0.1, -0.05) is 55.4 Å². The van der Waals surface area contributed by atoms with E-state index in [1.54, 1.807) is 17.6 Å². The number of nitrogens with one attached hydrogen (secondary N) is 1. The zero-order valence-corrected chi connectivity index (χ0v) is 20.1. The van der Waals surface area contributed by atoms with Crippen molar-refractivity contribution in [1.82, 2.24) is 5.32 Å². The van der Waals surface area contributed by atoms with E-state index in [0.29, 0.717) is 12.0 Å². The first kappa shape index (κ1) is 21.2. The fourth-order valence-electron chi connectivity index (χ4n) is 6.96. The van der Waals surface area contributed by atoms with E-state index in [4.69, 9.17) is 4.74 Å². The van der Waals surface area contributed by atoms with Crippen molar-refractivity contribution in [1.29, 1.82) is 0 Å². The van der Waals surface area contributed by atoms with Crippen LogP contribution in [-0.2, 0) is 11.8 Å². The van der Waals surface area contributed by atoms with Gasteiger partial charge in [-0.3, -0.25) is 0 Å². The van der Waals surface area contributed by atoms with E-state index in [9.17, 15) is 0 Å². The third-order valence-corrected chi connectivity index (χ3v) is 9.87. The van der Waals surface area contributed by atoms with Gasteiger partial charge in [0.15, 0.2) is 0 Å². The van der Waals surface area contributed by atoms with Gasteiger partial charge in [0.2, 0.25) is 0 Å². The van der Waals surface area contributed by atoms with Crippen molar-refractivity contribution in [3.63, 3.8) is 0 Å². The zero-order chi connectivity index (χ0) is 21.6. The molecule has 164 valence electrons. The number of rotatable bonds is 6. The van der Waals surface area contributed by atoms with Crippen LogP contribution in [0.15, 0.2) is 63.9 Å². The van der Waals surface area contributed by atoms with E-state index < -0.39 is 0 Å². The Morgan fingerprint density at radius 2 is 1.94 bits per heavy atom. The SMILES string of the molecule is CCCNC1[C@@H]2CC[C@@]3(C)c4cc(OC)ccc4CC[C@]13C(Sc1ccccc1)=C2C. The molecule has 31 heavy (non-hydrogen) atoms. The van der Waals surface area contributed by atoms with E-state index in [1.807, 2.05) is 11.8 Å². The molecule has 1 saturated carbocycles. The molecule has 0 aromatic heterocycles. The second kappa shape index (κ2) is 8.01. The van der Waals surface area contributed by atoms with Crippen LogP contribution in [0, 0.1) is 11.3 Å². The molecule has 3 aliphatic rings. The fraction of sp³-hybridized carbons (Fsp3) is 0.500. The lowest BCUT2D eigenvalue weighted by Crippen LogP contribution is -2.61. The molecule has 0 saturated heterocycles. The van der Waals surface area contributed by atoms with Gasteiger partial charge < -0.3 is 10.1 Å². The molecule has 1 unspecified atom stereocenters. The summed E-state index contributed by atoms with van der Waals surface area (Å²) in [5.41, 5.74) is 4.95. The Kier molecular flexibility index (Phi) is 5.46. The predicted molar refractivity (Wildman–Crippen MR) is 131 cm³/mol. The molecule has 1 N–H and O–H groups in total. The summed E-state index contributed by atoms with van der Waals surface area (Å²) >= 11 is 2.04. The quantitative estimate of drug-likeness (QED) is 0.545. The maximum absolute atomic E-state index is 5.68. The van der Waals surface area contributed by atoms with Crippen LogP contribution in [0.4, 0.5) is 0 Å².